The number of rotatable bonds is 5. The smallest absolute Gasteiger partial charge is 0.343 e. The average Bonchev–Trinajstić information content (AvgIpc) is 2.80. The number of ether oxygens (including phenoxy) is 1. The van der Waals surface area contributed by atoms with Crippen molar-refractivity contribution in [2.24, 2.45) is 5.10 Å². The van der Waals surface area contributed by atoms with E-state index < -0.39 is 5.97 Å². The van der Waals surface area contributed by atoms with Crippen LogP contribution in [0.2, 0.25) is 0 Å². The standard InChI is InChI=1S/C26H19BrN2O3/c1-17-5-4-7-20(15-17)26(31)32-24-14-11-18-6-2-3-8-22(18)23(24)16-28-29-25(30)19-9-12-21(27)13-10-19/h2-16H,1H3,(H,29,30)/b28-16+. The summed E-state index contributed by atoms with van der Waals surface area (Å²) in [5.41, 5.74) is 5.03. The van der Waals surface area contributed by atoms with E-state index >= 15 is 0 Å². The Labute approximate surface area is 193 Å². The summed E-state index contributed by atoms with van der Waals surface area (Å²) in [6.07, 6.45) is 1.50. The topological polar surface area (TPSA) is 67.8 Å². The Morgan fingerprint density at radius 3 is 2.47 bits per heavy atom. The molecule has 6 heteroatoms. The molecule has 0 spiro atoms. The van der Waals surface area contributed by atoms with Crippen LogP contribution in [-0.4, -0.2) is 18.1 Å². The van der Waals surface area contributed by atoms with Gasteiger partial charge >= 0.3 is 5.97 Å². The van der Waals surface area contributed by atoms with Gasteiger partial charge in [0.2, 0.25) is 0 Å². The van der Waals surface area contributed by atoms with Gasteiger partial charge in [-0.1, -0.05) is 64.0 Å². The fourth-order valence-corrected chi connectivity index (χ4v) is 3.51. The first-order chi connectivity index (χ1) is 15.5. The molecule has 0 saturated carbocycles. The minimum absolute atomic E-state index is 0.340. The number of hydrogen-bond acceptors (Lipinski definition) is 4. The Hall–Kier alpha value is -3.77. The molecule has 32 heavy (non-hydrogen) atoms. The number of amides is 1. The average molecular weight is 487 g/mol. The van der Waals surface area contributed by atoms with Crippen LogP contribution >= 0.6 is 15.9 Å². The number of halogens is 1. The number of nitrogens with zero attached hydrogens (tertiary/aromatic N) is 1. The molecule has 0 atom stereocenters. The number of carbonyl (C=O) groups is 2. The highest BCUT2D eigenvalue weighted by Gasteiger charge is 2.14. The third-order valence-corrected chi connectivity index (χ3v) is 5.38. The van der Waals surface area contributed by atoms with Gasteiger partial charge in [-0.2, -0.15) is 5.10 Å². The fraction of sp³-hybridized carbons (Fsp3) is 0.0385. The molecule has 4 aromatic rings. The lowest BCUT2D eigenvalue weighted by atomic mass is 10.0. The van der Waals surface area contributed by atoms with Crippen molar-refractivity contribution in [2.45, 2.75) is 6.92 Å². The van der Waals surface area contributed by atoms with E-state index in [0.29, 0.717) is 22.4 Å². The summed E-state index contributed by atoms with van der Waals surface area (Å²) in [5, 5.41) is 5.93. The lowest BCUT2D eigenvalue weighted by Crippen LogP contribution is -2.17. The molecule has 5 nitrogen and oxygen atoms in total. The van der Waals surface area contributed by atoms with Crippen LogP contribution in [0.5, 0.6) is 5.75 Å². The lowest BCUT2D eigenvalue weighted by molar-refractivity contribution is 0.0734. The molecule has 0 heterocycles. The van der Waals surface area contributed by atoms with Crippen molar-refractivity contribution in [1.82, 2.24) is 5.43 Å². The van der Waals surface area contributed by atoms with Crippen molar-refractivity contribution in [1.29, 1.82) is 0 Å². The Morgan fingerprint density at radius 1 is 0.906 bits per heavy atom. The number of fused-ring (bicyclic) bond motifs is 1. The molecule has 0 bridgehead atoms. The highest BCUT2D eigenvalue weighted by molar-refractivity contribution is 9.10. The van der Waals surface area contributed by atoms with Crippen molar-refractivity contribution >= 4 is 44.8 Å². The van der Waals surface area contributed by atoms with Crippen molar-refractivity contribution in [3.05, 3.63) is 112 Å². The predicted octanol–water partition coefficient (Wildman–Crippen LogP) is 5.89. The number of hydrazone groups is 1. The van der Waals surface area contributed by atoms with E-state index in [9.17, 15) is 9.59 Å². The minimum Gasteiger partial charge on any atom is -0.422 e. The molecule has 1 N–H and O–H groups in total. The zero-order valence-electron chi connectivity index (χ0n) is 17.2. The second-order valence-corrected chi connectivity index (χ2v) is 8.08. The number of nitrogens with one attached hydrogen (secondary N) is 1. The normalized spacial score (nSPS) is 10.9. The monoisotopic (exact) mass is 486 g/mol. The number of carbonyl (C=O) groups excluding carboxylic acids is 2. The van der Waals surface area contributed by atoms with Gasteiger partial charge < -0.3 is 4.74 Å². The molecule has 158 valence electrons. The highest BCUT2D eigenvalue weighted by Crippen LogP contribution is 2.27. The molecule has 0 aromatic heterocycles. The Kier molecular flexibility index (Phi) is 6.42. The van der Waals surface area contributed by atoms with E-state index in [1.807, 2.05) is 49.4 Å². The molecule has 4 aromatic carbocycles. The molecule has 0 radical (unpaired) electrons. The molecule has 0 unspecified atom stereocenters. The summed E-state index contributed by atoms with van der Waals surface area (Å²) >= 11 is 3.35. The van der Waals surface area contributed by atoms with E-state index in [2.05, 4.69) is 26.5 Å². The molecular weight excluding hydrogens is 468 g/mol. The molecule has 4 rings (SSSR count). The van der Waals surface area contributed by atoms with E-state index in [0.717, 1.165) is 20.8 Å². The van der Waals surface area contributed by atoms with Crippen LogP contribution in [0.15, 0.2) is 94.5 Å². The van der Waals surface area contributed by atoms with Gasteiger partial charge in [-0.15, -0.1) is 0 Å². The van der Waals surface area contributed by atoms with E-state index in [4.69, 9.17) is 4.74 Å². The number of benzene rings is 4. The van der Waals surface area contributed by atoms with Crippen LogP contribution in [0.1, 0.15) is 31.8 Å². The minimum atomic E-state index is -0.461. The Balaban J connectivity index is 1.62. The second-order valence-electron chi connectivity index (χ2n) is 7.16. The number of esters is 1. The first-order valence-electron chi connectivity index (χ1n) is 9.91. The van der Waals surface area contributed by atoms with E-state index in [-0.39, 0.29) is 5.91 Å². The van der Waals surface area contributed by atoms with Crippen LogP contribution in [0.25, 0.3) is 10.8 Å². The van der Waals surface area contributed by atoms with Gasteiger partial charge in [-0.25, -0.2) is 10.2 Å². The van der Waals surface area contributed by atoms with Crippen LogP contribution in [0.3, 0.4) is 0 Å². The Morgan fingerprint density at radius 2 is 1.69 bits per heavy atom. The summed E-state index contributed by atoms with van der Waals surface area (Å²) < 4.78 is 6.58. The third kappa shape index (κ3) is 4.92. The quantitative estimate of drug-likeness (QED) is 0.165. The molecule has 0 fully saturated rings. The molecular formula is C26H19BrN2O3. The summed E-state index contributed by atoms with van der Waals surface area (Å²) in [7, 11) is 0. The molecule has 0 aliphatic heterocycles. The highest BCUT2D eigenvalue weighted by atomic mass is 79.9. The molecule has 0 aliphatic carbocycles. The van der Waals surface area contributed by atoms with Crippen LogP contribution in [0, 0.1) is 6.92 Å². The fourth-order valence-electron chi connectivity index (χ4n) is 3.25. The molecule has 1 amide bonds. The van der Waals surface area contributed by atoms with E-state index in [1.54, 1.807) is 42.5 Å². The van der Waals surface area contributed by atoms with E-state index in [1.165, 1.54) is 6.21 Å². The van der Waals surface area contributed by atoms with Gasteiger partial charge in [0.05, 0.1) is 11.8 Å². The summed E-state index contributed by atoms with van der Waals surface area (Å²) in [5.74, 6) is -0.443. The Bertz CT molecular complexity index is 1330. The van der Waals surface area contributed by atoms with Gasteiger partial charge in [0, 0.05) is 15.6 Å². The summed E-state index contributed by atoms with van der Waals surface area (Å²) in [4.78, 5) is 25.1. The first-order valence-corrected chi connectivity index (χ1v) is 10.7. The van der Waals surface area contributed by atoms with Crippen LogP contribution in [0.4, 0.5) is 0 Å². The largest absolute Gasteiger partial charge is 0.422 e. The maximum atomic E-state index is 12.7. The zero-order valence-corrected chi connectivity index (χ0v) is 18.8. The van der Waals surface area contributed by atoms with Crippen molar-refractivity contribution in [2.75, 3.05) is 0 Å². The maximum absolute atomic E-state index is 12.7. The SMILES string of the molecule is Cc1cccc(C(=O)Oc2ccc3ccccc3c2/C=N/NC(=O)c2ccc(Br)cc2)c1. The van der Waals surface area contributed by atoms with Crippen molar-refractivity contribution in [3.63, 3.8) is 0 Å². The number of aryl methyl sites for hydroxylation is 1. The summed E-state index contributed by atoms with van der Waals surface area (Å²) in [6.45, 7) is 1.92. The van der Waals surface area contributed by atoms with Gasteiger partial charge in [0.25, 0.3) is 5.91 Å². The van der Waals surface area contributed by atoms with Gasteiger partial charge in [-0.3, -0.25) is 4.79 Å². The zero-order chi connectivity index (χ0) is 22.5. The lowest BCUT2D eigenvalue weighted by Gasteiger charge is -2.11. The third-order valence-electron chi connectivity index (χ3n) is 4.85. The summed E-state index contributed by atoms with van der Waals surface area (Å²) in [6, 6.07) is 25.5. The maximum Gasteiger partial charge on any atom is 0.343 e. The molecule has 0 aliphatic rings. The van der Waals surface area contributed by atoms with Crippen LogP contribution < -0.4 is 10.2 Å². The van der Waals surface area contributed by atoms with Crippen LogP contribution in [-0.2, 0) is 0 Å². The van der Waals surface area contributed by atoms with Crippen molar-refractivity contribution < 1.29 is 14.3 Å². The number of hydrogen-bond donors (Lipinski definition) is 1. The second kappa shape index (κ2) is 9.58. The van der Waals surface area contributed by atoms with Crippen molar-refractivity contribution in [3.8, 4) is 5.75 Å². The first kappa shape index (κ1) is 21.5. The van der Waals surface area contributed by atoms with Gasteiger partial charge in [-0.05, 0) is 60.2 Å². The van der Waals surface area contributed by atoms with Gasteiger partial charge in [0.15, 0.2) is 0 Å². The predicted molar refractivity (Wildman–Crippen MR) is 129 cm³/mol. The molecule has 0 saturated heterocycles. The van der Waals surface area contributed by atoms with Gasteiger partial charge in [0.1, 0.15) is 5.75 Å².